The lowest BCUT2D eigenvalue weighted by Crippen LogP contribution is -2.37. The number of amides is 1. The number of fused-ring (bicyclic) bond motifs is 3. The summed E-state index contributed by atoms with van der Waals surface area (Å²) in [7, 11) is 0. The Hall–Kier alpha value is -2.15. The largest absolute Gasteiger partial charge is 0.353 e. The quantitative estimate of drug-likeness (QED) is 0.653. The van der Waals surface area contributed by atoms with E-state index in [9.17, 15) is 4.79 Å². The molecule has 1 fully saturated rings. The van der Waals surface area contributed by atoms with Crippen LogP contribution in [-0.4, -0.2) is 37.5 Å². The van der Waals surface area contributed by atoms with Gasteiger partial charge >= 0.3 is 0 Å². The Morgan fingerprint density at radius 1 is 1.22 bits per heavy atom. The lowest BCUT2D eigenvalue weighted by molar-refractivity contribution is -0.119. The maximum Gasteiger partial charge on any atom is 0.230 e. The molecule has 1 N–H and O–H groups in total. The predicted molar refractivity (Wildman–Crippen MR) is 109 cm³/mol. The van der Waals surface area contributed by atoms with Crippen LogP contribution in [0.5, 0.6) is 0 Å². The Labute approximate surface area is 163 Å². The van der Waals surface area contributed by atoms with Gasteiger partial charge in [-0.2, -0.15) is 0 Å². The summed E-state index contributed by atoms with van der Waals surface area (Å²) in [6.07, 6.45) is 6.92. The average molecular weight is 384 g/mol. The Morgan fingerprint density at radius 3 is 2.85 bits per heavy atom. The van der Waals surface area contributed by atoms with Gasteiger partial charge in [-0.25, -0.2) is 4.98 Å². The van der Waals surface area contributed by atoms with Crippen LogP contribution in [0.25, 0.3) is 22.1 Å². The summed E-state index contributed by atoms with van der Waals surface area (Å²) >= 11 is 1.36. The number of rotatable bonds is 6. The van der Waals surface area contributed by atoms with Gasteiger partial charge in [-0.1, -0.05) is 56.1 Å². The number of aromatic nitrogens is 4. The number of aryl methyl sites for hydroxylation is 1. The minimum Gasteiger partial charge on any atom is -0.353 e. The van der Waals surface area contributed by atoms with Crippen molar-refractivity contribution in [3.05, 3.63) is 24.3 Å². The third kappa shape index (κ3) is 3.93. The highest BCUT2D eigenvalue weighted by atomic mass is 32.2. The van der Waals surface area contributed by atoms with Gasteiger partial charge in [0, 0.05) is 18.0 Å². The molecule has 3 aromatic rings. The van der Waals surface area contributed by atoms with Gasteiger partial charge in [0.25, 0.3) is 0 Å². The maximum atomic E-state index is 12.2. The zero-order chi connectivity index (χ0) is 18.6. The van der Waals surface area contributed by atoms with Crippen molar-refractivity contribution in [2.45, 2.75) is 63.2 Å². The van der Waals surface area contributed by atoms with E-state index >= 15 is 0 Å². The van der Waals surface area contributed by atoms with Gasteiger partial charge in [-0.05, 0) is 25.3 Å². The molecule has 0 bridgehead atoms. The van der Waals surface area contributed by atoms with Crippen molar-refractivity contribution >= 4 is 39.7 Å². The van der Waals surface area contributed by atoms with Crippen LogP contribution < -0.4 is 5.32 Å². The fraction of sp³-hybridized carbons (Fsp3) is 0.500. The summed E-state index contributed by atoms with van der Waals surface area (Å²) < 4.78 is 2.20. The zero-order valence-corrected chi connectivity index (χ0v) is 16.5. The molecule has 2 heterocycles. The molecule has 1 aromatic carbocycles. The summed E-state index contributed by atoms with van der Waals surface area (Å²) in [5.41, 5.74) is 2.81. The maximum absolute atomic E-state index is 12.2. The van der Waals surface area contributed by atoms with Crippen LogP contribution in [0.2, 0.25) is 0 Å². The van der Waals surface area contributed by atoms with Crippen LogP contribution in [0.1, 0.15) is 45.4 Å². The van der Waals surface area contributed by atoms with Crippen LogP contribution in [0.15, 0.2) is 29.4 Å². The minimum atomic E-state index is 0.0599. The molecule has 1 aliphatic carbocycles. The third-order valence-corrected chi connectivity index (χ3v) is 5.94. The van der Waals surface area contributed by atoms with Crippen molar-refractivity contribution < 1.29 is 4.79 Å². The first kappa shape index (κ1) is 18.2. The topological polar surface area (TPSA) is 72.7 Å². The summed E-state index contributed by atoms with van der Waals surface area (Å²) in [6, 6.07) is 8.54. The SMILES string of the molecule is CCCn1c2ccccc2c2nnc(SCC(=O)NC3CCCCC3)nc21. The van der Waals surface area contributed by atoms with E-state index in [1.807, 2.05) is 12.1 Å². The molecule has 1 saturated carbocycles. The van der Waals surface area contributed by atoms with Crippen molar-refractivity contribution in [3.63, 3.8) is 0 Å². The Balaban J connectivity index is 1.51. The molecule has 0 radical (unpaired) electrons. The van der Waals surface area contributed by atoms with E-state index in [2.05, 4.69) is 39.1 Å². The Kier molecular flexibility index (Phi) is 5.57. The fourth-order valence-electron chi connectivity index (χ4n) is 3.85. The van der Waals surface area contributed by atoms with E-state index in [4.69, 9.17) is 4.98 Å². The molecular formula is C20H25N5OS. The Bertz CT molecular complexity index is 948. The molecule has 1 aliphatic rings. The predicted octanol–water partition coefficient (Wildman–Crippen LogP) is 3.93. The van der Waals surface area contributed by atoms with Gasteiger partial charge in [-0.15, -0.1) is 10.2 Å². The molecule has 4 rings (SSSR count). The summed E-state index contributed by atoms with van der Waals surface area (Å²) in [5, 5.41) is 13.4. The van der Waals surface area contributed by atoms with Gasteiger partial charge in [0.15, 0.2) is 5.65 Å². The molecule has 6 nitrogen and oxygen atoms in total. The van der Waals surface area contributed by atoms with E-state index in [0.717, 1.165) is 47.9 Å². The number of carbonyl (C=O) groups excluding carboxylic acids is 1. The molecule has 0 spiro atoms. The fourth-order valence-corrected chi connectivity index (χ4v) is 4.44. The van der Waals surface area contributed by atoms with Crippen LogP contribution in [-0.2, 0) is 11.3 Å². The lowest BCUT2D eigenvalue weighted by atomic mass is 9.95. The van der Waals surface area contributed by atoms with Crippen molar-refractivity contribution in [2.24, 2.45) is 0 Å². The standard InChI is InChI=1S/C20H25N5OS/c1-2-12-25-16-11-7-6-10-15(16)18-19(25)22-20(24-23-18)27-13-17(26)21-14-8-4-3-5-9-14/h6-7,10-11,14H,2-5,8-9,12-13H2,1H3,(H,21,26). The monoisotopic (exact) mass is 383 g/mol. The number of hydrogen-bond acceptors (Lipinski definition) is 5. The second-order valence-corrected chi connectivity index (χ2v) is 8.07. The number of carbonyl (C=O) groups is 1. The first-order valence-electron chi connectivity index (χ1n) is 9.80. The number of hydrogen-bond donors (Lipinski definition) is 1. The highest BCUT2D eigenvalue weighted by Gasteiger charge is 2.17. The minimum absolute atomic E-state index is 0.0599. The molecule has 2 aromatic heterocycles. The Morgan fingerprint density at radius 2 is 2.04 bits per heavy atom. The highest BCUT2D eigenvalue weighted by molar-refractivity contribution is 7.99. The molecule has 0 saturated heterocycles. The van der Waals surface area contributed by atoms with E-state index in [1.54, 1.807) is 0 Å². The third-order valence-electron chi connectivity index (χ3n) is 5.10. The van der Waals surface area contributed by atoms with Gasteiger partial charge in [-0.3, -0.25) is 4.79 Å². The van der Waals surface area contributed by atoms with E-state index in [-0.39, 0.29) is 5.91 Å². The van der Waals surface area contributed by atoms with Gasteiger partial charge in [0.05, 0.1) is 11.3 Å². The van der Waals surface area contributed by atoms with Crippen molar-refractivity contribution in [2.75, 3.05) is 5.75 Å². The zero-order valence-electron chi connectivity index (χ0n) is 15.6. The smallest absolute Gasteiger partial charge is 0.230 e. The number of nitrogens with zero attached hydrogens (tertiary/aromatic N) is 4. The molecule has 142 valence electrons. The van der Waals surface area contributed by atoms with Crippen molar-refractivity contribution in [3.8, 4) is 0 Å². The first-order chi connectivity index (χ1) is 13.3. The number of thioether (sulfide) groups is 1. The summed E-state index contributed by atoms with van der Waals surface area (Å²) in [4.78, 5) is 17.0. The van der Waals surface area contributed by atoms with Gasteiger partial charge < -0.3 is 9.88 Å². The van der Waals surface area contributed by atoms with E-state index < -0.39 is 0 Å². The second kappa shape index (κ2) is 8.25. The van der Waals surface area contributed by atoms with E-state index in [1.165, 1.54) is 31.0 Å². The summed E-state index contributed by atoms with van der Waals surface area (Å²) in [6.45, 7) is 3.04. The van der Waals surface area contributed by atoms with Crippen LogP contribution >= 0.6 is 11.8 Å². The molecule has 0 atom stereocenters. The van der Waals surface area contributed by atoms with Gasteiger partial charge in [0.1, 0.15) is 5.52 Å². The molecule has 0 unspecified atom stereocenters. The highest BCUT2D eigenvalue weighted by Crippen LogP contribution is 2.27. The summed E-state index contributed by atoms with van der Waals surface area (Å²) in [5.74, 6) is 0.391. The molecule has 27 heavy (non-hydrogen) atoms. The van der Waals surface area contributed by atoms with Crippen LogP contribution in [0.4, 0.5) is 0 Å². The van der Waals surface area contributed by atoms with Crippen molar-refractivity contribution in [1.29, 1.82) is 0 Å². The number of benzene rings is 1. The normalized spacial score (nSPS) is 15.4. The second-order valence-electron chi connectivity index (χ2n) is 7.13. The van der Waals surface area contributed by atoms with Crippen LogP contribution in [0.3, 0.4) is 0 Å². The van der Waals surface area contributed by atoms with Gasteiger partial charge in [0.2, 0.25) is 11.1 Å². The molecular weight excluding hydrogens is 358 g/mol. The molecule has 1 amide bonds. The average Bonchev–Trinajstić information content (AvgIpc) is 3.01. The van der Waals surface area contributed by atoms with E-state index in [0.29, 0.717) is 17.0 Å². The lowest BCUT2D eigenvalue weighted by Gasteiger charge is -2.22. The van der Waals surface area contributed by atoms with Crippen molar-refractivity contribution in [1.82, 2.24) is 25.1 Å². The first-order valence-corrected chi connectivity index (χ1v) is 10.8. The number of para-hydroxylation sites is 1. The molecule has 7 heteroatoms. The van der Waals surface area contributed by atoms with Crippen LogP contribution in [0, 0.1) is 0 Å². The number of nitrogens with one attached hydrogen (secondary N) is 1. The molecule has 0 aliphatic heterocycles.